The third-order valence-electron chi connectivity index (χ3n) is 3.70. The summed E-state index contributed by atoms with van der Waals surface area (Å²) >= 11 is 0. The van der Waals surface area contributed by atoms with Crippen LogP contribution in [0.4, 0.5) is 5.69 Å². The second kappa shape index (κ2) is 5.61. The summed E-state index contributed by atoms with van der Waals surface area (Å²) in [5.41, 5.74) is 5.36. The largest absolute Gasteiger partial charge is 0.322 e. The number of rotatable bonds is 2. The van der Waals surface area contributed by atoms with Gasteiger partial charge in [0.2, 0.25) is 0 Å². The Morgan fingerprint density at radius 2 is 2.05 bits per heavy atom. The van der Waals surface area contributed by atoms with Crippen LogP contribution in [-0.2, 0) is 13.0 Å². The zero-order valence-corrected chi connectivity index (χ0v) is 12.2. The van der Waals surface area contributed by atoms with Crippen LogP contribution in [0.15, 0.2) is 24.3 Å². The number of aryl methyl sites for hydroxylation is 2. The number of fused-ring (bicyclic) bond motifs is 1. The Labute approximate surface area is 123 Å². The fourth-order valence-corrected chi connectivity index (χ4v) is 2.54. The van der Waals surface area contributed by atoms with Gasteiger partial charge >= 0.3 is 0 Å². The van der Waals surface area contributed by atoms with Gasteiger partial charge in [-0.2, -0.15) is 10.2 Å². The minimum absolute atomic E-state index is 0.144. The van der Waals surface area contributed by atoms with Gasteiger partial charge in [-0.25, -0.2) is 0 Å². The van der Waals surface area contributed by atoms with Crippen molar-refractivity contribution in [2.45, 2.75) is 26.8 Å². The van der Waals surface area contributed by atoms with Crippen LogP contribution in [0.25, 0.3) is 0 Å². The third-order valence-corrected chi connectivity index (χ3v) is 3.70. The summed E-state index contributed by atoms with van der Waals surface area (Å²) in [6, 6.07) is 7.85. The van der Waals surface area contributed by atoms with E-state index in [0.29, 0.717) is 11.3 Å². The molecule has 0 fully saturated rings. The van der Waals surface area contributed by atoms with E-state index in [1.807, 2.05) is 19.1 Å². The van der Waals surface area contributed by atoms with Gasteiger partial charge in [0.15, 0.2) is 0 Å². The Morgan fingerprint density at radius 3 is 2.90 bits per heavy atom. The summed E-state index contributed by atoms with van der Waals surface area (Å²) in [5, 5.41) is 14.2. The molecule has 5 nitrogen and oxygen atoms in total. The number of anilines is 1. The van der Waals surface area contributed by atoms with E-state index in [9.17, 15) is 4.79 Å². The van der Waals surface area contributed by atoms with Gasteiger partial charge in [-0.15, -0.1) is 0 Å². The number of carbonyl (C=O) groups is 1. The maximum atomic E-state index is 12.4. The van der Waals surface area contributed by atoms with Crippen molar-refractivity contribution in [3.63, 3.8) is 0 Å². The Morgan fingerprint density at radius 1 is 1.19 bits per heavy atom. The van der Waals surface area contributed by atoms with Crippen molar-refractivity contribution in [3.05, 3.63) is 52.3 Å². The average molecular weight is 282 g/mol. The summed E-state index contributed by atoms with van der Waals surface area (Å²) in [6.07, 6.45) is 1.04. The lowest BCUT2D eigenvalue weighted by molar-refractivity contribution is 0.102. The second-order valence-corrected chi connectivity index (χ2v) is 5.35. The molecule has 3 rings (SSSR count). The van der Waals surface area contributed by atoms with E-state index in [4.69, 9.17) is 0 Å². The number of nitrogens with one attached hydrogen (secondary N) is 2. The zero-order valence-electron chi connectivity index (χ0n) is 12.2. The molecule has 21 heavy (non-hydrogen) atoms. The Hall–Kier alpha value is -2.27. The predicted octanol–water partition coefficient (Wildman–Crippen LogP) is 1.99. The van der Waals surface area contributed by atoms with E-state index in [1.54, 1.807) is 13.0 Å². The molecule has 2 heterocycles. The van der Waals surface area contributed by atoms with Crippen molar-refractivity contribution in [3.8, 4) is 0 Å². The summed E-state index contributed by atoms with van der Waals surface area (Å²) in [4.78, 5) is 12.4. The van der Waals surface area contributed by atoms with Crippen LogP contribution in [0.5, 0.6) is 0 Å². The number of benzene rings is 1. The number of hydrogen-bond acceptors (Lipinski definition) is 4. The van der Waals surface area contributed by atoms with Crippen LogP contribution >= 0.6 is 0 Å². The molecule has 108 valence electrons. The Bertz CT molecular complexity index is 697. The lowest BCUT2D eigenvalue weighted by Crippen LogP contribution is -2.24. The third kappa shape index (κ3) is 2.92. The van der Waals surface area contributed by atoms with Gasteiger partial charge in [0, 0.05) is 12.2 Å². The van der Waals surface area contributed by atoms with Crippen molar-refractivity contribution in [1.29, 1.82) is 0 Å². The van der Waals surface area contributed by atoms with E-state index in [1.165, 1.54) is 11.1 Å². The summed E-state index contributed by atoms with van der Waals surface area (Å²) < 4.78 is 0. The number of amides is 1. The monoisotopic (exact) mass is 282 g/mol. The lowest BCUT2D eigenvalue weighted by atomic mass is 10.0. The minimum Gasteiger partial charge on any atom is -0.322 e. The van der Waals surface area contributed by atoms with E-state index >= 15 is 0 Å². The van der Waals surface area contributed by atoms with Crippen LogP contribution in [0.2, 0.25) is 0 Å². The molecular formula is C16H18N4O. The number of aromatic nitrogens is 2. The first-order chi connectivity index (χ1) is 10.1. The van der Waals surface area contributed by atoms with E-state index in [2.05, 4.69) is 26.9 Å². The molecule has 0 saturated carbocycles. The molecule has 0 unspecified atom stereocenters. The summed E-state index contributed by atoms with van der Waals surface area (Å²) in [7, 11) is 0. The van der Waals surface area contributed by atoms with E-state index in [-0.39, 0.29) is 5.91 Å². The zero-order chi connectivity index (χ0) is 14.8. The smallest absolute Gasteiger partial charge is 0.257 e. The second-order valence-electron chi connectivity index (χ2n) is 5.35. The highest BCUT2D eigenvalue weighted by atomic mass is 16.1. The summed E-state index contributed by atoms with van der Waals surface area (Å²) in [6.45, 7) is 5.49. The molecule has 0 radical (unpaired) electrons. The number of hydrogen-bond donors (Lipinski definition) is 2. The maximum absolute atomic E-state index is 12.4. The average Bonchev–Trinajstić information content (AvgIpc) is 2.49. The highest BCUT2D eigenvalue weighted by Crippen LogP contribution is 2.20. The van der Waals surface area contributed by atoms with Crippen molar-refractivity contribution < 1.29 is 4.79 Å². The van der Waals surface area contributed by atoms with Crippen molar-refractivity contribution >= 4 is 11.6 Å². The first-order valence-corrected chi connectivity index (χ1v) is 7.08. The molecular weight excluding hydrogens is 264 g/mol. The molecule has 5 heteroatoms. The number of nitrogens with zero attached hydrogens (tertiary/aromatic N) is 2. The molecule has 0 aliphatic carbocycles. The van der Waals surface area contributed by atoms with Gasteiger partial charge in [-0.05, 0) is 56.1 Å². The standard InChI is InChI=1S/C16H18N4O/c1-10-7-15(11(2)20-19-10)16(21)18-14-4-3-12-5-6-17-9-13(12)8-14/h3-4,7-8,17H,5-6,9H2,1-2H3,(H,18,21). The Kier molecular flexibility index (Phi) is 3.66. The van der Waals surface area contributed by atoms with Crippen molar-refractivity contribution in [2.24, 2.45) is 0 Å². The van der Waals surface area contributed by atoms with Crippen molar-refractivity contribution in [1.82, 2.24) is 15.5 Å². The molecule has 0 bridgehead atoms. The summed E-state index contributed by atoms with van der Waals surface area (Å²) in [5.74, 6) is -0.144. The van der Waals surface area contributed by atoms with Gasteiger partial charge in [-0.3, -0.25) is 4.79 Å². The van der Waals surface area contributed by atoms with Gasteiger partial charge in [0.05, 0.1) is 17.0 Å². The molecule has 0 saturated heterocycles. The predicted molar refractivity (Wildman–Crippen MR) is 81.3 cm³/mol. The minimum atomic E-state index is -0.144. The first-order valence-electron chi connectivity index (χ1n) is 7.08. The molecule has 1 aliphatic heterocycles. The van der Waals surface area contributed by atoms with Gasteiger partial charge in [0.1, 0.15) is 0 Å². The molecule has 0 atom stereocenters. The molecule has 1 aliphatic rings. The quantitative estimate of drug-likeness (QED) is 0.884. The van der Waals surface area contributed by atoms with Gasteiger partial charge < -0.3 is 10.6 Å². The van der Waals surface area contributed by atoms with Gasteiger partial charge in [0.25, 0.3) is 5.91 Å². The molecule has 2 N–H and O–H groups in total. The topological polar surface area (TPSA) is 66.9 Å². The fourth-order valence-electron chi connectivity index (χ4n) is 2.54. The van der Waals surface area contributed by atoms with E-state index in [0.717, 1.165) is 30.9 Å². The molecule has 1 aromatic carbocycles. The Balaban J connectivity index is 1.83. The highest BCUT2D eigenvalue weighted by Gasteiger charge is 2.13. The van der Waals surface area contributed by atoms with E-state index < -0.39 is 0 Å². The van der Waals surface area contributed by atoms with Gasteiger partial charge in [-0.1, -0.05) is 6.07 Å². The fraction of sp³-hybridized carbons (Fsp3) is 0.312. The normalized spacial score (nSPS) is 13.6. The number of carbonyl (C=O) groups excluding carboxylic acids is 1. The van der Waals surface area contributed by atoms with Crippen LogP contribution in [-0.4, -0.2) is 22.6 Å². The van der Waals surface area contributed by atoms with Crippen LogP contribution in [0, 0.1) is 13.8 Å². The van der Waals surface area contributed by atoms with Crippen LogP contribution < -0.4 is 10.6 Å². The maximum Gasteiger partial charge on any atom is 0.257 e. The molecule has 1 aromatic heterocycles. The lowest BCUT2D eigenvalue weighted by Gasteiger charge is -2.18. The molecule has 0 spiro atoms. The van der Waals surface area contributed by atoms with Crippen LogP contribution in [0.3, 0.4) is 0 Å². The first kappa shape index (κ1) is 13.7. The molecule has 2 aromatic rings. The van der Waals surface area contributed by atoms with Crippen LogP contribution in [0.1, 0.15) is 32.9 Å². The highest BCUT2D eigenvalue weighted by molar-refractivity contribution is 6.05. The SMILES string of the molecule is Cc1cc(C(=O)Nc2ccc3c(c2)CNCC3)c(C)nn1. The van der Waals surface area contributed by atoms with Crippen molar-refractivity contribution in [2.75, 3.05) is 11.9 Å². The molecule has 1 amide bonds.